The Morgan fingerprint density at radius 3 is 2.38 bits per heavy atom. The van der Waals surface area contributed by atoms with Crippen LogP contribution in [0.2, 0.25) is 0 Å². The van der Waals surface area contributed by atoms with E-state index in [-0.39, 0.29) is 29.8 Å². The lowest BCUT2D eigenvalue weighted by molar-refractivity contribution is 0.193. The van der Waals surface area contributed by atoms with Gasteiger partial charge in [0.15, 0.2) is 11.5 Å². The Hall–Kier alpha value is -2.88. The molecule has 0 unspecified atom stereocenters. The van der Waals surface area contributed by atoms with Crippen LogP contribution in [0.1, 0.15) is 19.4 Å². The van der Waals surface area contributed by atoms with Crippen LogP contribution in [0.3, 0.4) is 0 Å². The highest BCUT2D eigenvalue weighted by atomic mass is 32.2. The van der Waals surface area contributed by atoms with Gasteiger partial charge in [0.1, 0.15) is 11.6 Å². The molecule has 0 atom stereocenters. The largest absolute Gasteiger partial charge is 0.493 e. The molecule has 2 amide bonds. The van der Waals surface area contributed by atoms with Crippen molar-refractivity contribution < 1.29 is 30.9 Å². The summed E-state index contributed by atoms with van der Waals surface area (Å²) in [5, 5.41) is 2.41. The number of amides is 2. The van der Waals surface area contributed by atoms with Gasteiger partial charge < -0.3 is 19.1 Å². The molecule has 2 rings (SSSR count). The number of rotatable bonds is 7. The molecule has 2 aromatic carbocycles. The van der Waals surface area contributed by atoms with Crippen LogP contribution in [0.5, 0.6) is 11.5 Å². The number of carbonyl (C=O) groups excluding carboxylic acids is 1. The molecule has 0 aliphatic rings. The zero-order valence-electron chi connectivity index (χ0n) is 16.4. The number of carbonyl (C=O) groups is 1. The molecule has 0 saturated carbocycles. The fourth-order valence-electron chi connectivity index (χ4n) is 2.51. The monoisotopic (exact) mass is 428 g/mol. The number of ether oxygens (including phenoxy) is 1. The van der Waals surface area contributed by atoms with E-state index in [1.165, 1.54) is 24.1 Å². The Morgan fingerprint density at radius 2 is 1.83 bits per heavy atom. The molecule has 158 valence electrons. The van der Waals surface area contributed by atoms with Gasteiger partial charge in [-0.2, -0.15) is 8.42 Å². The first-order valence-corrected chi connectivity index (χ1v) is 10.4. The molecule has 0 radical (unpaired) electrons. The van der Waals surface area contributed by atoms with Gasteiger partial charge in [-0.05, 0) is 43.7 Å². The molecule has 7 nitrogen and oxygen atoms in total. The minimum atomic E-state index is -3.78. The number of anilines is 1. The lowest BCUT2D eigenvalue weighted by Crippen LogP contribution is -2.39. The second kappa shape index (κ2) is 9.08. The smallest absolute Gasteiger partial charge is 0.322 e. The molecule has 29 heavy (non-hydrogen) atoms. The molecular weight excluding hydrogens is 406 g/mol. The van der Waals surface area contributed by atoms with Gasteiger partial charge >= 0.3 is 16.1 Å². The third-order valence-corrected chi connectivity index (χ3v) is 4.36. The first kappa shape index (κ1) is 22.4. The number of hydrogen-bond donors (Lipinski definition) is 1. The van der Waals surface area contributed by atoms with E-state index in [2.05, 4.69) is 5.32 Å². The second-order valence-electron chi connectivity index (χ2n) is 6.55. The topological polar surface area (TPSA) is 84.9 Å². The van der Waals surface area contributed by atoms with Crippen molar-refractivity contribution in [3.63, 3.8) is 0 Å². The maximum atomic E-state index is 13.8. The van der Waals surface area contributed by atoms with Crippen LogP contribution in [0, 0.1) is 11.6 Å². The maximum absolute atomic E-state index is 13.8. The predicted octanol–water partition coefficient (Wildman–Crippen LogP) is 3.75. The summed E-state index contributed by atoms with van der Waals surface area (Å²) in [5.74, 6) is -1.44. The average Bonchev–Trinajstić information content (AvgIpc) is 2.60. The molecule has 0 bridgehead atoms. The second-order valence-corrected chi connectivity index (χ2v) is 8.12. The molecule has 0 spiro atoms. The molecule has 1 N–H and O–H groups in total. The summed E-state index contributed by atoms with van der Waals surface area (Å²) in [6, 6.07) is 6.57. The average molecular weight is 428 g/mol. The minimum absolute atomic E-state index is 0.0128. The lowest BCUT2D eigenvalue weighted by Gasteiger charge is -2.27. The van der Waals surface area contributed by atoms with Crippen molar-refractivity contribution in [2.45, 2.75) is 26.4 Å². The summed E-state index contributed by atoms with van der Waals surface area (Å²) < 4.78 is 59.8. The summed E-state index contributed by atoms with van der Waals surface area (Å²) >= 11 is 0. The molecule has 0 aliphatic heterocycles. The van der Waals surface area contributed by atoms with Crippen LogP contribution in [0.4, 0.5) is 19.3 Å². The Labute approximate surface area is 168 Å². The van der Waals surface area contributed by atoms with Crippen molar-refractivity contribution in [1.29, 1.82) is 0 Å². The van der Waals surface area contributed by atoms with Gasteiger partial charge in [-0.25, -0.2) is 13.6 Å². The zero-order chi connectivity index (χ0) is 21.8. The standard InChI is InChI=1S/C19H22F2N2O5S/c1-12(2)23(19(24)22-16-7-6-14(20)10-15(16)21)11-13-5-8-17(27-3)18(9-13)28-29(4,25)26/h5-10,12H,11H2,1-4H3,(H,22,24). The van der Waals surface area contributed by atoms with Crippen molar-refractivity contribution in [3.8, 4) is 11.5 Å². The number of nitrogens with one attached hydrogen (secondary N) is 1. The first-order chi connectivity index (χ1) is 13.5. The van der Waals surface area contributed by atoms with Crippen LogP contribution in [-0.4, -0.2) is 38.8 Å². The van der Waals surface area contributed by atoms with Gasteiger partial charge in [0.25, 0.3) is 0 Å². The van der Waals surface area contributed by atoms with Crippen molar-refractivity contribution in [3.05, 3.63) is 53.6 Å². The number of urea groups is 1. The van der Waals surface area contributed by atoms with E-state index >= 15 is 0 Å². The minimum Gasteiger partial charge on any atom is -0.493 e. The molecule has 0 heterocycles. The molecular formula is C19H22F2N2O5S. The van der Waals surface area contributed by atoms with E-state index in [1.54, 1.807) is 19.9 Å². The molecule has 2 aromatic rings. The Kier molecular flexibility index (Phi) is 7.02. The van der Waals surface area contributed by atoms with E-state index in [1.807, 2.05) is 0 Å². The van der Waals surface area contributed by atoms with Gasteiger partial charge in [0, 0.05) is 18.7 Å². The Bertz CT molecular complexity index is 996. The number of nitrogens with zero attached hydrogens (tertiary/aromatic N) is 1. The van der Waals surface area contributed by atoms with E-state index in [0.29, 0.717) is 11.6 Å². The van der Waals surface area contributed by atoms with Crippen molar-refractivity contribution >= 4 is 21.8 Å². The molecule has 0 fully saturated rings. The lowest BCUT2D eigenvalue weighted by atomic mass is 10.1. The highest BCUT2D eigenvalue weighted by molar-refractivity contribution is 7.86. The SMILES string of the molecule is COc1ccc(CN(C(=O)Nc2ccc(F)cc2F)C(C)C)cc1OS(C)(=O)=O. The molecule has 0 aliphatic carbocycles. The quantitative estimate of drug-likeness (QED) is 0.679. The normalized spacial score (nSPS) is 11.3. The molecule has 0 saturated heterocycles. The third kappa shape index (κ3) is 6.31. The maximum Gasteiger partial charge on any atom is 0.322 e. The summed E-state index contributed by atoms with van der Waals surface area (Å²) in [6.07, 6.45) is 0.907. The van der Waals surface area contributed by atoms with Crippen LogP contribution in [-0.2, 0) is 16.7 Å². The fraction of sp³-hybridized carbons (Fsp3) is 0.316. The Balaban J connectivity index is 2.25. The molecule has 0 aromatic heterocycles. The van der Waals surface area contributed by atoms with Crippen molar-refractivity contribution in [2.75, 3.05) is 18.7 Å². The van der Waals surface area contributed by atoms with Gasteiger partial charge in [-0.15, -0.1) is 0 Å². The van der Waals surface area contributed by atoms with Crippen LogP contribution >= 0.6 is 0 Å². The van der Waals surface area contributed by atoms with Gasteiger partial charge in [-0.3, -0.25) is 0 Å². The predicted molar refractivity (Wildman–Crippen MR) is 105 cm³/mol. The highest BCUT2D eigenvalue weighted by Crippen LogP contribution is 2.30. The van der Waals surface area contributed by atoms with Gasteiger partial charge in [0.05, 0.1) is 19.1 Å². The summed E-state index contributed by atoms with van der Waals surface area (Å²) in [4.78, 5) is 14.0. The summed E-state index contributed by atoms with van der Waals surface area (Å²) in [7, 11) is -2.41. The number of benzene rings is 2. The Morgan fingerprint density at radius 1 is 1.14 bits per heavy atom. The molecule has 10 heteroatoms. The van der Waals surface area contributed by atoms with Crippen LogP contribution in [0.25, 0.3) is 0 Å². The van der Waals surface area contributed by atoms with Gasteiger partial charge in [0.2, 0.25) is 0 Å². The van der Waals surface area contributed by atoms with Crippen molar-refractivity contribution in [2.24, 2.45) is 0 Å². The van der Waals surface area contributed by atoms with E-state index < -0.39 is 27.8 Å². The summed E-state index contributed by atoms with van der Waals surface area (Å²) in [5.41, 5.74) is 0.408. The van der Waals surface area contributed by atoms with E-state index in [4.69, 9.17) is 8.92 Å². The highest BCUT2D eigenvalue weighted by Gasteiger charge is 2.20. The number of hydrogen-bond acceptors (Lipinski definition) is 5. The van der Waals surface area contributed by atoms with E-state index in [0.717, 1.165) is 18.4 Å². The number of methoxy groups -OCH3 is 1. The first-order valence-electron chi connectivity index (χ1n) is 8.59. The van der Waals surface area contributed by atoms with Crippen LogP contribution in [0.15, 0.2) is 36.4 Å². The number of halogens is 2. The van der Waals surface area contributed by atoms with Crippen molar-refractivity contribution in [1.82, 2.24) is 4.90 Å². The third-order valence-electron chi connectivity index (χ3n) is 3.88. The summed E-state index contributed by atoms with van der Waals surface area (Å²) in [6.45, 7) is 3.60. The van der Waals surface area contributed by atoms with Gasteiger partial charge in [-0.1, -0.05) is 6.07 Å². The van der Waals surface area contributed by atoms with Crippen LogP contribution < -0.4 is 14.2 Å². The fourth-order valence-corrected chi connectivity index (χ4v) is 2.97. The zero-order valence-corrected chi connectivity index (χ0v) is 17.2. The van der Waals surface area contributed by atoms with E-state index in [9.17, 15) is 22.0 Å².